The molecule has 0 fully saturated rings. The third-order valence-corrected chi connectivity index (χ3v) is 4.31. The molecule has 3 aromatic rings. The Labute approximate surface area is 124 Å². The molecule has 1 amide bonds. The van der Waals surface area contributed by atoms with Crippen molar-refractivity contribution in [3.8, 4) is 11.5 Å². The summed E-state index contributed by atoms with van der Waals surface area (Å²) in [6.07, 6.45) is 2.18. The number of amides is 1. The molecule has 21 heavy (non-hydrogen) atoms. The maximum Gasteiger partial charge on any atom is 0.225 e. The summed E-state index contributed by atoms with van der Waals surface area (Å²) >= 11 is 1.15. The number of fused-ring (bicyclic) bond motifs is 2. The molecule has 0 atom stereocenters. The Hall–Kier alpha value is -2.28. The van der Waals surface area contributed by atoms with Gasteiger partial charge in [0.05, 0.1) is 29.0 Å². The van der Waals surface area contributed by atoms with Crippen LogP contribution in [0.2, 0.25) is 0 Å². The Balaban J connectivity index is 1.92. The topological polar surface area (TPSA) is 83.6 Å². The maximum absolute atomic E-state index is 11.8. The van der Waals surface area contributed by atoms with Gasteiger partial charge in [-0.15, -0.1) is 0 Å². The smallest absolute Gasteiger partial charge is 0.225 e. The highest BCUT2D eigenvalue weighted by Gasteiger charge is 2.32. The van der Waals surface area contributed by atoms with Crippen LogP contribution in [0.25, 0.3) is 22.6 Å². The summed E-state index contributed by atoms with van der Waals surface area (Å²) in [7, 11) is 0. The largest absolute Gasteiger partial charge is 0.337 e. The zero-order chi connectivity index (χ0) is 14.6. The quantitative estimate of drug-likeness (QED) is 0.723. The fraction of sp³-hybridized carbons (Fsp3) is 0.286. The summed E-state index contributed by atoms with van der Waals surface area (Å²) in [4.78, 5) is 19.6. The molecule has 106 valence electrons. The van der Waals surface area contributed by atoms with Crippen molar-refractivity contribution in [2.45, 2.75) is 25.7 Å². The summed E-state index contributed by atoms with van der Waals surface area (Å²) in [6, 6.07) is 3.99. The number of nitrogens with one attached hydrogen (secondary N) is 2. The molecule has 0 radical (unpaired) electrons. The molecule has 3 heterocycles. The van der Waals surface area contributed by atoms with E-state index in [1.54, 1.807) is 6.20 Å². The third-order valence-electron chi connectivity index (χ3n) is 3.83. The van der Waals surface area contributed by atoms with E-state index in [4.69, 9.17) is 0 Å². The number of hydrogen-bond acceptors (Lipinski definition) is 5. The van der Waals surface area contributed by atoms with Crippen LogP contribution in [0.4, 0.5) is 5.69 Å². The van der Waals surface area contributed by atoms with E-state index in [1.165, 1.54) is 0 Å². The number of H-pyrrole nitrogens is 1. The summed E-state index contributed by atoms with van der Waals surface area (Å²) in [5.74, 6) is 0.747. The molecule has 7 heteroatoms. The first-order valence-electron chi connectivity index (χ1n) is 6.65. The molecule has 4 rings (SSSR count). The standard InChI is InChI=1S/C14H13N5OS/c1-14(2)5-12(20)16-8-4-10-9(3-7(8)14)17-13(18-10)11-6-15-21-19-11/h3-4,6H,5H2,1-2H3,(H,16,20)(H,17,18). The minimum Gasteiger partial charge on any atom is -0.337 e. The van der Waals surface area contributed by atoms with Gasteiger partial charge in [-0.05, 0) is 17.7 Å². The summed E-state index contributed by atoms with van der Waals surface area (Å²) in [6.45, 7) is 4.16. The SMILES string of the molecule is CC1(C)CC(=O)Nc2cc3nc(-c4cnsn4)[nH]c3cc21. The van der Waals surface area contributed by atoms with Crippen molar-refractivity contribution in [1.29, 1.82) is 0 Å². The van der Waals surface area contributed by atoms with E-state index in [2.05, 4.69) is 43.9 Å². The lowest BCUT2D eigenvalue weighted by Gasteiger charge is -2.31. The van der Waals surface area contributed by atoms with E-state index < -0.39 is 0 Å². The molecular weight excluding hydrogens is 286 g/mol. The normalized spacial score (nSPS) is 16.8. The molecule has 0 saturated carbocycles. The van der Waals surface area contributed by atoms with Crippen molar-refractivity contribution >= 4 is 34.4 Å². The molecular formula is C14H13N5OS. The highest BCUT2D eigenvalue weighted by Crippen LogP contribution is 2.39. The number of benzene rings is 1. The highest BCUT2D eigenvalue weighted by molar-refractivity contribution is 6.99. The van der Waals surface area contributed by atoms with Crippen LogP contribution in [0.3, 0.4) is 0 Å². The Bertz CT molecular complexity index is 850. The molecule has 2 aromatic heterocycles. The second-order valence-electron chi connectivity index (χ2n) is 5.90. The lowest BCUT2D eigenvalue weighted by Crippen LogP contribution is -2.32. The Morgan fingerprint density at radius 3 is 2.95 bits per heavy atom. The van der Waals surface area contributed by atoms with Crippen molar-refractivity contribution in [2.24, 2.45) is 0 Å². The van der Waals surface area contributed by atoms with Crippen LogP contribution in [0.15, 0.2) is 18.3 Å². The molecule has 6 nitrogen and oxygen atoms in total. The second-order valence-corrected chi connectivity index (χ2v) is 6.46. The van der Waals surface area contributed by atoms with Gasteiger partial charge in [-0.1, -0.05) is 13.8 Å². The number of nitrogens with zero attached hydrogens (tertiary/aromatic N) is 3. The molecule has 0 saturated heterocycles. The van der Waals surface area contributed by atoms with Gasteiger partial charge in [-0.3, -0.25) is 4.79 Å². The fourth-order valence-corrected chi connectivity index (χ4v) is 3.22. The van der Waals surface area contributed by atoms with Crippen molar-refractivity contribution in [3.63, 3.8) is 0 Å². The van der Waals surface area contributed by atoms with Gasteiger partial charge in [-0.2, -0.15) is 8.75 Å². The zero-order valence-electron chi connectivity index (χ0n) is 11.6. The van der Waals surface area contributed by atoms with Crippen LogP contribution >= 0.6 is 11.7 Å². The number of imidazole rings is 1. The van der Waals surface area contributed by atoms with E-state index in [0.29, 0.717) is 12.2 Å². The van der Waals surface area contributed by atoms with Crippen molar-refractivity contribution in [2.75, 3.05) is 5.32 Å². The van der Waals surface area contributed by atoms with E-state index in [9.17, 15) is 4.79 Å². The number of carbonyl (C=O) groups is 1. The zero-order valence-corrected chi connectivity index (χ0v) is 12.4. The molecule has 0 aliphatic carbocycles. The van der Waals surface area contributed by atoms with Crippen molar-refractivity contribution in [3.05, 3.63) is 23.9 Å². The predicted octanol–water partition coefficient (Wildman–Crippen LogP) is 2.70. The van der Waals surface area contributed by atoms with Crippen LogP contribution in [0, 0.1) is 0 Å². The average Bonchev–Trinajstić information content (AvgIpc) is 3.04. The number of rotatable bonds is 1. The van der Waals surface area contributed by atoms with Gasteiger partial charge in [0.15, 0.2) is 5.82 Å². The number of carbonyl (C=O) groups excluding carboxylic acids is 1. The Morgan fingerprint density at radius 2 is 2.19 bits per heavy atom. The molecule has 2 N–H and O–H groups in total. The van der Waals surface area contributed by atoms with Gasteiger partial charge < -0.3 is 10.3 Å². The molecule has 1 aliphatic heterocycles. The van der Waals surface area contributed by atoms with Crippen LogP contribution < -0.4 is 5.32 Å². The van der Waals surface area contributed by atoms with E-state index in [1.807, 2.05) is 6.07 Å². The second kappa shape index (κ2) is 4.11. The first kappa shape index (κ1) is 12.5. The van der Waals surface area contributed by atoms with Gasteiger partial charge in [0.25, 0.3) is 0 Å². The molecule has 0 unspecified atom stereocenters. The number of hydrogen-bond donors (Lipinski definition) is 2. The lowest BCUT2D eigenvalue weighted by atomic mass is 9.78. The number of anilines is 1. The van der Waals surface area contributed by atoms with Crippen molar-refractivity contribution < 1.29 is 4.79 Å². The summed E-state index contributed by atoms with van der Waals surface area (Å²) in [5, 5.41) is 2.93. The van der Waals surface area contributed by atoms with Gasteiger partial charge in [0.1, 0.15) is 5.69 Å². The van der Waals surface area contributed by atoms with E-state index in [-0.39, 0.29) is 11.3 Å². The average molecular weight is 299 g/mol. The molecule has 1 aliphatic rings. The van der Waals surface area contributed by atoms with E-state index >= 15 is 0 Å². The maximum atomic E-state index is 11.8. The van der Waals surface area contributed by atoms with Crippen LogP contribution in [-0.2, 0) is 10.2 Å². The Morgan fingerprint density at radius 1 is 1.33 bits per heavy atom. The van der Waals surface area contributed by atoms with Gasteiger partial charge in [0, 0.05) is 17.5 Å². The number of aromatic amines is 1. The highest BCUT2D eigenvalue weighted by atomic mass is 32.1. The lowest BCUT2D eigenvalue weighted by molar-refractivity contribution is -0.117. The summed E-state index contributed by atoms with van der Waals surface area (Å²) < 4.78 is 8.18. The van der Waals surface area contributed by atoms with Crippen LogP contribution in [0.1, 0.15) is 25.8 Å². The predicted molar refractivity (Wildman–Crippen MR) is 81.3 cm³/mol. The minimum absolute atomic E-state index is 0.0475. The molecule has 0 bridgehead atoms. The van der Waals surface area contributed by atoms with E-state index in [0.717, 1.165) is 39.7 Å². The van der Waals surface area contributed by atoms with Gasteiger partial charge >= 0.3 is 0 Å². The summed E-state index contributed by atoms with van der Waals surface area (Å²) in [5.41, 5.74) is 4.28. The van der Waals surface area contributed by atoms with Crippen LogP contribution in [0.5, 0.6) is 0 Å². The Kier molecular flexibility index (Phi) is 2.44. The third kappa shape index (κ3) is 1.92. The van der Waals surface area contributed by atoms with Crippen LogP contribution in [-0.4, -0.2) is 24.6 Å². The van der Waals surface area contributed by atoms with Gasteiger partial charge in [0.2, 0.25) is 5.91 Å². The van der Waals surface area contributed by atoms with Crippen molar-refractivity contribution in [1.82, 2.24) is 18.7 Å². The number of aromatic nitrogens is 4. The first-order valence-corrected chi connectivity index (χ1v) is 7.38. The fourth-order valence-electron chi connectivity index (χ4n) is 2.80. The molecule has 1 aromatic carbocycles. The molecule has 0 spiro atoms. The minimum atomic E-state index is -0.181. The van der Waals surface area contributed by atoms with Gasteiger partial charge in [-0.25, -0.2) is 4.98 Å². The first-order chi connectivity index (χ1) is 10.0. The monoisotopic (exact) mass is 299 g/mol.